The predicted molar refractivity (Wildman–Crippen MR) is 174 cm³/mol. The lowest BCUT2D eigenvalue weighted by Gasteiger charge is -2.25. The van der Waals surface area contributed by atoms with Crippen LogP contribution in [-0.4, -0.2) is 41.2 Å². The van der Waals surface area contributed by atoms with Crippen LogP contribution < -0.4 is 16.2 Å². The van der Waals surface area contributed by atoms with Crippen LogP contribution in [0, 0.1) is 5.92 Å². The topological polar surface area (TPSA) is 154 Å². The molecule has 1 heterocycles. The van der Waals surface area contributed by atoms with Crippen molar-refractivity contribution in [3.63, 3.8) is 0 Å². The minimum atomic E-state index is -1.29. The second-order valence-electron chi connectivity index (χ2n) is 11.4. The van der Waals surface area contributed by atoms with Gasteiger partial charge < -0.3 is 30.6 Å². The molecule has 1 aliphatic heterocycles. The number of aliphatic carboxylic acids is 1. The molecule has 4 aromatic rings. The molecule has 4 aromatic carbocycles. The Kier molecular flexibility index (Phi) is 10.7. The van der Waals surface area contributed by atoms with Crippen LogP contribution in [0.2, 0.25) is 0 Å². The molecule has 3 N–H and O–H groups in total. The summed E-state index contributed by atoms with van der Waals surface area (Å²) in [6.07, 6.45) is -0.340. The molecule has 0 radical (unpaired) electrons. The summed E-state index contributed by atoms with van der Waals surface area (Å²) in [5.74, 6) is -2.60. The smallest absolute Gasteiger partial charge is 0.435 e. The second kappa shape index (κ2) is 15.5. The van der Waals surface area contributed by atoms with Gasteiger partial charge in [-0.25, -0.2) is 4.79 Å². The maximum Gasteiger partial charge on any atom is 0.435 e. The number of nitrogens with two attached hydrogens (primary N) is 1. The van der Waals surface area contributed by atoms with Gasteiger partial charge in [-0.1, -0.05) is 91.0 Å². The standard InChI is InChI=1S/C37H36N4O6/c38-34(40-37(46)47-24-27-9-5-2-6-10-27)28-13-11-26(12-14-28)22-39-35(44)29-15-16-30-23-41(18-17-25-7-3-1-4-8-25)36(45)32(21-33(42)43)20-31(30)19-29/h1-16,19,32H,17-18,20-24H2,(H,39,44)(H,42,43)(H2,38,40,46)/p-1. The monoisotopic (exact) mass is 631 g/mol. The van der Waals surface area contributed by atoms with Gasteiger partial charge in [-0.2, -0.15) is 4.99 Å². The van der Waals surface area contributed by atoms with Gasteiger partial charge in [-0.15, -0.1) is 0 Å². The molecule has 240 valence electrons. The van der Waals surface area contributed by atoms with E-state index in [1.54, 1.807) is 41.3 Å². The van der Waals surface area contributed by atoms with Gasteiger partial charge in [0, 0.05) is 42.6 Å². The third-order valence-electron chi connectivity index (χ3n) is 8.00. The molecule has 0 fully saturated rings. The first-order valence-corrected chi connectivity index (χ1v) is 15.3. The summed E-state index contributed by atoms with van der Waals surface area (Å²) < 4.78 is 5.15. The van der Waals surface area contributed by atoms with Crippen LogP contribution in [0.15, 0.2) is 108 Å². The average Bonchev–Trinajstić information content (AvgIpc) is 3.21. The molecule has 3 amide bonds. The quantitative estimate of drug-likeness (QED) is 0.190. The number of fused-ring (bicyclic) bond motifs is 1. The number of aliphatic imine (C=N–C) groups is 1. The Hall–Kier alpha value is -5.77. The molecule has 0 aromatic heterocycles. The van der Waals surface area contributed by atoms with Crippen molar-refractivity contribution in [1.82, 2.24) is 10.2 Å². The minimum Gasteiger partial charge on any atom is -0.550 e. The van der Waals surface area contributed by atoms with Crippen LogP contribution in [0.3, 0.4) is 0 Å². The Balaban J connectivity index is 1.19. The van der Waals surface area contributed by atoms with E-state index in [0.29, 0.717) is 30.6 Å². The molecular weight excluding hydrogens is 596 g/mol. The Labute approximate surface area is 272 Å². The number of hydrogen-bond acceptors (Lipinski definition) is 6. The maximum absolute atomic E-state index is 13.4. The van der Waals surface area contributed by atoms with Crippen LogP contribution in [0.1, 0.15) is 50.2 Å². The summed E-state index contributed by atoms with van der Waals surface area (Å²) in [7, 11) is 0. The summed E-state index contributed by atoms with van der Waals surface area (Å²) in [5, 5.41) is 14.4. The normalized spacial score (nSPS) is 14.6. The highest BCUT2D eigenvalue weighted by Crippen LogP contribution is 2.26. The number of carbonyl (C=O) groups is 4. The number of amidine groups is 1. The van der Waals surface area contributed by atoms with Crippen LogP contribution in [0.4, 0.5) is 4.79 Å². The van der Waals surface area contributed by atoms with Gasteiger partial charge >= 0.3 is 6.09 Å². The van der Waals surface area contributed by atoms with E-state index >= 15 is 0 Å². The Morgan fingerprint density at radius 3 is 2.19 bits per heavy atom. The van der Waals surface area contributed by atoms with Crippen molar-refractivity contribution in [2.24, 2.45) is 16.6 Å². The molecule has 0 bridgehead atoms. The highest BCUT2D eigenvalue weighted by molar-refractivity contribution is 6.02. The lowest BCUT2D eigenvalue weighted by Crippen LogP contribution is -2.38. The first kappa shape index (κ1) is 32.6. The molecule has 5 rings (SSSR count). The van der Waals surface area contributed by atoms with E-state index in [1.165, 1.54) is 0 Å². The summed E-state index contributed by atoms with van der Waals surface area (Å²) in [4.78, 5) is 55.6. The van der Waals surface area contributed by atoms with Crippen LogP contribution in [-0.2, 0) is 46.9 Å². The van der Waals surface area contributed by atoms with Crippen molar-refractivity contribution in [2.75, 3.05) is 6.54 Å². The fourth-order valence-corrected chi connectivity index (χ4v) is 5.46. The van der Waals surface area contributed by atoms with Gasteiger partial charge in [-0.05, 0) is 59.2 Å². The number of carbonyl (C=O) groups excluding carboxylic acids is 4. The lowest BCUT2D eigenvalue weighted by atomic mass is 9.93. The largest absolute Gasteiger partial charge is 0.550 e. The second-order valence-corrected chi connectivity index (χ2v) is 11.4. The van der Waals surface area contributed by atoms with E-state index in [0.717, 1.165) is 27.8 Å². The number of carboxylic acids is 1. The zero-order valence-corrected chi connectivity index (χ0v) is 25.8. The van der Waals surface area contributed by atoms with E-state index in [1.807, 2.05) is 66.7 Å². The third-order valence-corrected chi connectivity index (χ3v) is 8.00. The van der Waals surface area contributed by atoms with Crippen LogP contribution in [0.25, 0.3) is 0 Å². The molecule has 0 spiro atoms. The number of rotatable bonds is 11. The molecule has 10 nitrogen and oxygen atoms in total. The van der Waals surface area contributed by atoms with E-state index in [9.17, 15) is 24.3 Å². The lowest BCUT2D eigenvalue weighted by molar-refractivity contribution is -0.306. The van der Waals surface area contributed by atoms with Gasteiger partial charge in [0.1, 0.15) is 12.4 Å². The number of carboxylic acid groups (broad SMARTS) is 1. The van der Waals surface area contributed by atoms with Gasteiger partial charge in [-0.3, -0.25) is 9.59 Å². The molecule has 1 aliphatic rings. The van der Waals surface area contributed by atoms with Crippen molar-refractivity contribution < 1.29 is 29.0 Å². The third kappa shape index (κ3) is 9.13. The molecule has 1 unspecified atom stereocenters. The number of ether oxygens (including phenoxy) is 1. The van der Waals surface area contributed by atoms with Gasteiger partial charge in [0.15, 0.2) is 0 Å². The fourth-order valence-electron chi connectivity index (χ4n) is 5.46. The first-order valence-electron chi connectivity index (χ1n) is 15.3. The summed E-state index contributed by atoms with van der Waals surface area (Å²) >= 11 is 0. The summed E-state index contributed by atoms with van der Waals surface area (Å²) in [6.45, 7) is 1.09. The van der Waals surface area contributed by atoms with Crippen molar-refractivity contribution >= 4 is 29.7 Å². The first-order chi connectivity index (χ1) is 22.7. The van der Waals surface area contributed by atoms with E-state index in [2.05, 4.69) is 10.3 Å². The number of nitrogens with zero attached hydrogens (tertiary/aromatic N) is 2. The molecule has 0 aliphatic carbocycles. The van der Waals surface area contributed by atoms with Crippen LogP contribution in [0.5, 0.6) is 0 Å². The van der Waals surface area contributed by atoms with E-state index in [4.69, 9.17) is 10.5 Å². The molecule has 0 saturated heterocycles. The van der Waals surface area contributed by atoms with Crippen LogP contribution >= 0.6 is 0 Å². The average molecular weight is 632 g/mol. The molecule has 0 saturated carbocycles. The van der Waals surface area contributed by atoms with E-state index in [-0.39, 0.29) is 37.2 Å². The Morgan fingerprint density at radius 1 is 0.851 bits per heavy atom. The number of benzene rings is 4. The van der Waals surface area contributed by atoms with Crippen molar-refractivity contribution in [3.05, 3.63) is 142 Å². The van der Waals surface area contributed by atoms with Gasteiger partial charge in [0.05, 0.1) is 0 Å². The van der Waals surface area contributed by atoms with Gasteiger partial charge in [0.2, 0.25) is 5.91 Å². The van der Waals surface area contributed by atoms with E-state index < -0.39 is 24.4 Å². The summed E-state index contributed by atoms with van der Waals surface area (Å²) in [6, 6.07) is 31.2. The number of nitrogens with one attached hydrogen (secondary N) is 1. The molecule has 10 heteroatoms. The number of amides is 3. The maximum atomic E-state index is 13.4. The highest BCUT2D eigenvalue weighted by Gasteiger charge is 2.30. The SMILES string of the molecule is N/C(=N/C(=O)OCc1ccccc1)c1ccc(CNC(=O)c2ccc3c(c2)CC(CC(=O)[O-])C(=O)N(CCc2ccccc2)C3)cc1. The zero-order valence-electron chi connectivity index (χ0n) is 25.8. The zero-order chi connectivity index (χ0) is 33.2. The predicted octanol–water partition coefficient (Wildman–Crippen LogP) is 3.54. The van der Waals surface area contributed by atoms with Crippen molar-refractivity contribution in [3.8, 4) is 0 Å². The highest BCUT2D eigenvalue weighted by atomic mass is 16.5. The Bertz CT molecular complexity index is 1760. The molecule has 47 heavy (non-hydrogen) atoms. The molecular formula is C37H35N4O6-. The van der Waals surface area contributed by atoms with Gasteiger partial charge in [0.25, 0.3) is 5.91 Å². The Morgan fingerprint density at radius 2 is 1.51 bits per heavy atom. The van der Waals surface area contributed by atoms with Crippen molar-refractivity contribution in [1.29, 1.82) is 0 Å². The summed E-state index contributed by atoms with van der Waals surface area (Å²) in [5.41, 5.74) is 11.3. The number of hydrogen-bond donors (Lipinski definition) is 2. The molecule has 1 atom stereocenters. The minimum absolute atomic E-state index is 0.0118. The van der Waals surface area contributed by atoms with Crippen molar-refractivity contribution in [2.45, 2.75) is 39.0 Å². The fraction of sp³-hybridized carbons (Fsp3) is 0.216.